The second-order valence-corrected chi connectivity index (χ2v) is 9.15. The summed E-state index contributed by atoms with van der Waals surface area (Å²) in [6, 6.07) is 6.64. The molecule has 1 aliphatic heterocycles. The third-order valence-corrected chi connectivity index (χ3v) is 7.34. The first-order valence-corrected chi connectivity index (χ1v) is 10.8. The summed E-state index contributed by atoms with van der Waals surface area (Å²) >= 11 is 1.50. The van der Waals surface area contributed by atoms with E-state index in [0.29, 0.717) is 44.7 Å². The van der Waals surface area contributed by atoms with Gasteiger partial charge in [-0.2, -0.15) is 0 Å². The summed E-state index contributed by atoms with van der Waals surface area (Å²) in [6.07, 6.45) is 1.18. The molecule has 1 aromatic heterocycles. The Morgan fingerprint density at radius 1 is 1.20 bits per heavy atom. The minimum absolute atomic E-state index is 0.0930. The number of aromatic nitrogens is 1. The molecule has 5 nitrogen and oxygen atoms in total. The lowest BCUT2D eigenvalue weighted by molar-refractivity contribution is 0.433. The van der Waals surface area contributed by atoms with Crippen LogP contribution >= 0.6 is 11.3 Å². The number of hydrogen-bond acceptors (Lipinski definition) is 5. The number of nitrogens with zero attached hydrogens (tertiary/aromatic N) is 3. The van der Waals surface area contributed by atoms with Crippen LogP contribution in [0.5, 0.6) is 0 Å². The Kier molecular flexibility index (Phi) is 5.71. The van der Waals surface area contributed by atoms with Crippen molar-refractivity contribution in [3.05, 3.63) is 46.2 Å². The largest absolute Gasteiger partial charge is 0.368 e. The summed E-state index contributed by atoms with van der Waals surface area (Å²) in [5, 5.41) is 0. The van der Waals surface area contributed by atoms with Gasteiger partial charge in [0, 0.05) is 31.1 Å². The van der Waals surface area contributed by atoms with Crippen molar-refractivity contribution in [2.75, 3.05) is 36.8 Å². The Morgan fingerprint density at radius 3 is 2.72 bits per heavy atom. The van der Waals surface area contributed by atoms with Gasteiger partial charge in [0.15, 0.2) is 0 Å². The second kappa shape index (κ2) is 7.80. The molecule has 0 radical (unpaired) electrons. The van der Waals surface area contributed by atoms with Gasteiger partial charge >= 0.3 is 0 Å². The van der Waals surface area contributed by atoms with Crippen LogP contribution in [-0.4, -0.2) is 49.6 Å². The van der Waals surface area contributed by atoms with Crippen LogP contribution in [0.4, 0.5) is 10.1 Å². The van der Waals surface area contributed by atoms with E-state index in [4.69, 9.17) is 0 Å². The Bertz CT molecular complexity index is 823. The fourth-order valence-electron chi connectivity index (χ4n) is 3.04. The molecule has 0 saturated carbocycles. The maximum atomic E-state index is 14.0. The summed E-state index contributed by atoms with van der Waals surface area (Å²) in [6.45, 7) is 3.92. The van der Waals surface area contributed by atoms with E-state index < -0.39 is 10.0 Å². The zero-order valence-corrected chi connectivity index (χ0v) is 15.8. The van der Waals surface area contributed by atoms with E-state index in [-0.39, 0.29) is 11.6 Å². The van der Waals surface area contributed by atoms with Crippen molar-refractivity contribution in [2.45, 2.75) is 19.8 Å². The van der Waals surface area contributed by atoms with Crippen molar-refractivity contribution in [2.24, 2.45) is 0 Å². The van der Waals surface area contributed by atoms with E-state index in [1.165, 1.54) is 17.4 Å². The monoisotopic (exact) mass is 383 g/mol. The molecule has 0 atom stereocenters. The van der Waals surface area contributed by atoms with Gasteiger partial charge < -0.3 is 4.90 Å². The van der Waals surface area contributed by atoms with Crippen LogP contribution in [0.2, 0.25) is 0 Å². The van der Waals surface area contributed by atoms with E-state index in [2.05, 4.69) is 4.98 Å². The van der Waals surface area contributed by atoms with Gasteiger partial charge in [-0.05, 0) is 31.9 Å². The van der Waals surface area contributed by atoms with Crippen molar-refractivity contribution in [1.82, 2.24) is 9.29 Å². The Morgan fingerprint density at radius 2 is 2.00 bits per heavy atom. The van der Waals surface area contributed by atoms with Gasteiger partial charge in [0.1, 0.15) is 5.82 Å². The highest BCUT2D eigenvalue weighted by atomic mass is 32.2. The number of halogens is 1. The average molecular weight is 384 g/mol. The molecule has 2 heterocycles. The Hall–Kier alpha value is -1.51. The van der Waals surface area contributed by atoms with E-state index in [1.54, 1.807) is 28.0 Å². The molecule has 8 heteroatoms. The molecule has 0 aliphatic carbocycles. The summed E-state index contributed by atoms with van der Waals surface area (Å²) in [4.78, 5) is 7.11. The van der Waals surface area contributed by atoms with Gasteiger partial charge in [0.25, 0.3) is 0 Å². The van der Waals surface area contributed by atoms with E-state index in [0.717, 1.165) is 10.6 Å². The number of para-hydroxylation sites is 1. The predicted octanol–water partition coefficient (Wildman–Crippen LogP) is 2.68. The predicted molar refractivity (Wildman–Crippen MR) is 99.1 cm³/mol. The molecule has 1 saturated heterocycles. The van der Waals surface area contributed by atoms with E-state index in [9.17, 15) is 12.8 Å². The molecule has 136 valence electrons. The van der Waals surface area contributed by atoms with Crippen molar-refractivity contribution in [3.8, 4) is 0 Å². The SMILES string of the molecule is Cc1ncsc1CCS(=O)(=O)N1CCCN(c2ccccc2F)CC1. The molecular weight excluding hydrogens is 361 g/mol. The number of sulfonamides is 1. The van der Waals surface area contributed by atoms with Gasteiger partial charge in [0.2, 0.25) is 10.0 Å². The van der Waals surface area contributed by atoms with E-state index in [1.807, 2.05) is 11.8 Å². The lowest BCUT2D eigenvalue weighted by atomic mass is 10.2. The molecule has 3 rings (SSSR count). The molecule has 0 spiro atoms. The second-order valence-electron chi connectivity index (χ2n) is 6.12. The summed E-state index contributed by atoms with van der Waals surface area (Å²) < 4.78 is 40.9. The molecule has 0 unspecified atom stereocenters. The van der Waals surface area contributed by atoms with Gasteiger partial charge in [-0.25, -0.2) is 22.1 Å². The van der Waals surface area contributed by atoms with Crippen LogP contribution < -0.4 is 4.90 Å². The topological polar surface area (TPSA) is 53.5 Å². The van der Waals surface area contributed by atoms with Crippen molar-refractivity contribution >= 4 is 27.0 Å². The average Bonchev–Trinajstić information content (AvgIpc) is 2.84. The van der Waals surface area contributed by atoms with Gasteiger partial charge in [-0.15, -0.1) is 11.3 Å². The van der Waals surface area contributed by atoms with Gasteiger partial charge in [-0.1, -0.05) is 12.1 Å². The highest BCUT2D eigenvalue weighted by molar-refractivity contribution is 7.89. The maximum Gasteiger partial charge on any atom is 0.214 e. The molecule has 1 fully saturated rings. The Labute approximate surface area is 152 Å². The first kappa shape index (κ1) is 18.3. The third kappa shape index (κ3) is 4.37. The molecule has 1 aromatic carbocycles. The maximum absolute atomic E-state index is 14.0. The number of anilines is 1. The van der Waals surface area contributed by atoms with Crippen molar-refractivity contribution in [3.63, 3.8) is 0 Å². The molecule has 0 amide bonds. The quantitative estimate of drug-likeness (QED) is 0.797. The highest BCUT2D eigenvalue weighted by Gasteiger charge is 2.26. The third-order valence-electron chi connectivity index (χ3n) is 4.47. The van der Waals surface area contributed by atoms with Crippen LogP contribution in [0, 0.1) is 12.7 Å². The zero-order chi connectivity index (χ0) is 17.9. The highest BCUT2D eigenvalue weighted by Crippen LogP contribution is 2.21. The number of benzene rings is 1. The summed E-state index contributed by atoms with van der Waals surface area (Å²) in [7, 11) is -3.32. The first-order chi connectivity index (χ1) is 12.0. The smallest absolute Gasteiger partial charge is 0.214 e. The fraction of sp³-hybridized carbons (Fsp3) is 0.471. The van der Waals surface area contributed by atoms with Crippen LogP contribution in [-0.2, 0) is 16.4 Å². The number of hydrogen-bond donors (Lipinski definition) is 0. The molecular formula is C17H22FN3O2S2. The van der Waals surface area contributed by atoms with Gasteiger partial charge in [-0.3, -0.25) is 0 Å². The minimum Gasteiger partial charge on any atom is -0.368 e. The van der Waals surface area contributed by atoms with Crippen LogP contribution in [0.1, 0.15) is 17.0 Å². The molecule has 25 heavy (non-hydrogen) atoms. The first-order valence-electron chi connectivity index (χ1n) is 8.33. The fourth-order valence-corrected chi connectivity index (χ4v) is 5.44. The lowest BCUT2D eigenvalue weighted by Gasteiger charge is -2.24. The van der Waals surface area contributed by atoms with Gasteiger partial charge in [0.05, 0.1) is 22.6 Å². The Balaban J connectivity index is 1.64. The van der Waals surface area contributed by atoms with Crippen LogP contribution in [0.15, 0.2) is 29.8 Å². The number of rotatable bonds is 5. The van der Waals surface area contributed by atoms with Crippen molar-refractivity contribution in [1.29, 1.82) is 0 Å². The lowest BCUT2D eigenvalue weighted by Crippen LogP contribution is -2.37. The number of thiazole rings is 1. The van der Waals surface area contributed by atoms with Crippen molar-refractivity contribution < 1.29 is 12.8 Å². The molecule has 1 aliphatic rings. The molecule has 2 aromatic rings. The van der Waals surface area contributed by atoms with Crippen LogP contribution in [0.25, 0.3) is 0 Å². The molecule has 0 bridgehead atoms. The molecule has 0 N–H and O–H groups in total. The summed E-state index contributed by atoms with van der Waals surface area (Å²) in [5.41, 5.74) is 3.19. The minimum atomic E-state index is -3.32. The normalized spacial score (nSPS) is 16.8. The summed E-state index contributed by atoms with van der Waals surface area (Å²) in [5.74, 6) is -0.171. The number of aryl methyl sites for hydroxylation is 2. The zero-order valence-electron chi connectivity index (χ0n) is 14.2. The van der Waals surface area contributed by atoms with E-state index >= 15 is 0 Å². The standard InChI is InChI=1S/C17H22FN3O2S2/c1-14-17(24-13-19-14)7-12-25(22,23)21-9-4-8-20(10-11-21)16-6-3-2-5-15(16)18/h2-3,5-6,13H,4,7-12H2,1H3. The van der Waals surface area contributed by atoms with Crippen LogP contribution in [0.3, 0.4) is 0 Å².